The lowest BCUT2D eigenvalue weighted by atomic mass is 10.1. The van der Waals surface area contributed by atoms with Crippen molar-refractivity contribution >= 4 is 34.5 Å². The van der Waals surface area contributed by atoms with E-state index < -0.39 is 12.0 Å². The number of para-hydroxylation sites is 1. The maximum atomic E-state index is 12.5. The van der Waals surface area contributed by atoms with E-state index in [2.05, 4.69) is 20.5 Å². The van der Waals surface area contributed by atoms with Crippen molar-refractivity contribution in [1.82, 2.24) is 25.1 Å². The Labute approximate surface area is 182 Å². The van der Waals surface area contributed by atoms with Crippen molar-refractivity contribution in [3.05, 3.63) is 66.4 Å². The van der Waals surface area contributed by atoms with Crippen LogP contribution in [0.15, 0.2) is 66.0 Å². The van der Waals surface area contributed by atoms with E-state index >= 15 is 0 Å². The molecular formula is C22H21N5O3S. The van der Waals surface area contributed by atoms with Crippen molar-refractivity contribution in [2.75, 3.05) is 5.75 Å². The number of nitrogens with one attached hydrogen (secondary N) is 2. The minimum Gasteiger partial charge on any atom is -0.480 e. The van der Waals surface area contributed by atoms with Crippen LogP contribution in [0.1, 0.15) is 5.56 Å². The molecule has 0 aliphatic rings. The zero-order chi connectivity index (χ0) is 21.8. The minimum atomic E-state index is -1.08. The standard InChI is InChI=1S/C22H21N5O3S/c1-27-20(14-7-3-2-4-8-14)25-26-22(27)31-13-19(28)24-18(21(29)30)11-15-12-23-17-10-6-5-9-16(15)17/h2-10,12,18,23H,11,13H2,1H3,(H,24,28)(H,29,30)/t18-/m0/s1. The molecule has 0 unspecified atom stereocenters. The number of hydrogen-bond acceptors (Lipinski definition) is 5. The number of thioether (sulfide) groups is 1. The minimum absolute atomic E-state index is 0.0401. The fourth-order valence-electron chi connectivity index (χ4n) is 3.37. The molecule has 0 fully saturated rings. The van der Waals surface area contributed by atoms with E-state index in [9.17, 15) is 14.7 Å². The molecule has 158 valence electrons. The predicted octanol–water partition coefficient (Wildman–Crippen LogP) is 2.87. The van der Waals surface area contributed by atoms with Gasteiger partial charge in [-0.2, -0.15) is 0 Å². The fourth-order valence-corrected chi connectivity index (χ4v) is 4.09. The van der Waals surface area contributed by atoms with Gasteiger partial charge in [-0.15, -0.1) is 10.2 Å². The van der Waals surface area contributed by atoms with Gasteiger partial charge in [0.05, 0.1) is 5.75 Å². The fraction of sp³-hybridized carbons (Fsp3) is 0.182. The van der Waals surface area contributed by atoms with Crippen molar-refractivity contribution in [2.45, 2.75) is 17.6 Å². The Balaban J connectivity index is 1.39. The van der Waals surface area contributed by atoms with Crippen LogP contribution in [0.2, 0.25) is 0 Å². The van der Waals surface area contributed by atoms with Crippen LogP contribution < -0.4 is 5.32 Å². The lowest BCUT2D eigenvalue weighted by molar-refractivity contribution is -0.141. The van der Waals surface area contributed by atoms with E-state index in [1.165, 1.54) is 11.8 Å². The van der Waals surface area contributed by atoms with E-state index in [1.54, 1.807) is 6.20 Å². The van der Waals surface area contributed by atoms with Crippen LogP contribution in [0, 0.1) is 0 Å². The van der Waals surface area contributed by atoms with Gasteiger partial charge in [0.15, 0.2) is 11.0 Å². The molecule has 9 heteroatoms. The molecule has 2 aromatic heterocycles. The van der Waals surface area contributed by atoms with Crippen LogP contribution >= 0.6 is 11.8 Å². The molecule has 0 aliphatic carbocycles. The highest BCUT2D eigenvalue weighted by Gasteiger charge is 2.22. The summed E-state index contributed by atoms with van der Waals surface area (Å²) < 4.78 is 1.81. The summed E-state index contributed by atoms with van der Waals surface area (Å²) in [4.78, 5) is 27.3. The number of aromatic amines is 1. The summed E-state index contributed by atoms with van der Waals surface area (Å²) in [6.45, 7) is 0. The molecule has 1 amide bonds. The quantitative estimate of drug-likeness (QED) is 0.367. The van der Waals surface area contributed by atoms with E-state index in [0.717, 1.165) is 22.0 Å². The third kappa shape index (κ3) is 4.61. The number of carbonyl (C=O) groups is 2. The topological polar surface area (TPSA) is 113 Å². The van der Waals surface area contributed by atoms with Gasteiger partial charge >= 0.3 is 5.97 Å². The first-order valence-corrected chi connectivity index (χ1v) is 10.7. The lowest BCUT2D eigenvalue weighted by Gasteiger charge is -2.14. The van der Waals surface area contributed by atoms with Crippen molar-refractivity contribution in [2.24, 2.45) is 7.05 Å². The van der Waals surface area contributed by atoms with E-state index in [-0.39, 0.29) is 18.1 Å². The average Bonchev–Trinajstić information content (AvgIpc) is 3.36. The Morgan fingerprint density at radius 3 is 2.65 bits per heavy atom. The van der Waals surface area contributed by atoms with Gasteiger partial charge in [0.2, 0.25) is 5.91 Å². The second-order valence-electron chi connectivity index (χ2n) is 7.04. The van der Waals surface area contributed by atoms with Crippen LogP contribution in [0.4, 0.5) is 0 Å². The number of hydrogen-bond donors (Lipinski definition) is 3. The first kappa shape index (κ1) is 20.7. The molecule has 8 nitrogen and oxygen atoms in total. The van der Waals surface area contributed by atoms with Crippen molar-refractivity contribution in [1.29, 1.82) is 0 Å². The Bertz CT molecular complexity index is 1220. The number of fused-ring (bicyclic) bond motifs is 1. The van der Waals surface area contributed by atoms with Gasteiger partial charge in [-0.3, -0.25) is 4.79 Å². The van der Waals surface area contributed by atoms with Crippen molar-refractivity contribution in [3.63, 3.8) is 0 Å². The summed E-state index contributed by atoms with van der Waals surface area (Å²) in [7, 11) is 1.83. The third-order valence-electron chi connectivity index (χ3n) is 4.93. The molecule has 0 saturated carbocycles. The predicted molar refractivity (Wildman–Crippen MR) is 119 cm³/mol. The number of carbonyl (C=O) groups excluding carboxylic acids is 1. The molecule has 4 rings (SSSR count). The van der Waals surface area contributed by atoms with Crippen LogP contribution in [0.25, 0.3) is 22.3 Å². The zero-order valence-electron chi connectivity index (χ0n) is 16.8. The number of aromatic nitrogens is 4. The van der Waals surface area contributed by atoms with Crippen LogP contribution in [-0.2, 0) is 23.1 Å². The first-order valence-electron chi connectivity index (χ1n) is 9.67. The molecule has 0 saturated heterocycles. The van der Waals surface area contributed by atoms with Crippen LogP contribution in [0.3, 0.4) is 0 Å². The Morgan fingerprint density at radius 2 is 1.87 bits per heavy atom. The van der Waals surface area contributed by atoms with Gasteiger partial charge in [0, 0.05) is 36.1 Å². The number of benzene rings is 2. The van der Waals surface area contributed by atoms with Crippen molar-refractivity contribution in [3.8, 4) is 11.4 Å². The molecule has 0 spiro atoms. The number of nitrogens with zero attached hydrogens (tertiary/aromatic N) is 3. The maximum absolute atomic E-state index is 12.5. The van der Waals surface area contributed by atoms with E-state index in [0.29, 0.717) is 11.0 Å². The van der Waals surface area contributed by atoms with E-state index in [4.69, 9.17) is 0 Å². The molecule has 31 heavy (non-hydrogen) atoms. The Kier molecular flexibility index (Phi) is 6.03. The highest BCUT2D eigenvalue weighted by Crippen LogP contribution is 2.22. The largest absolute Gasteiger partial charge is 0.480 e. The summed E-state index contributed by atoms with van der Waals surface area (Å²) in [6.07, 6.45) is 1.98. The summed E-state index contributed by atoms with van der Waals surface area (Å²) in [5.74, 6) is -0.709. The van der Waals surface area contributed by atoms with E-state index in [1.807, 2.05) is 66.2 Å². The average molecular weight is 436 g/mol. The number of H-pyrrole nitrogens is 1. The normalized spacial score (nSPS) is 12.0. The molecule has 0 radical (unpaired) electrons. The maximum Gasteiger partial charge on any atom is 0.326 e. The number of amides is 1. The summed E-state index contributed by atoms with van der Waals surface area (Å²) in [5, 5.41) is 22.1. The third-order valence-corrected chi connectivity index (χ3v) is 5.95. The van der Waals surface area contributed by atoms with Gasteiger partial charge < -0.3 is 20.0 Å². The molecule has 2 aromatic carbocycles. The SMILES string of the molecule is Cn1c(SCC(=O)N[C@@H](Cc2c[nH]c3ccccc23)C(=O)O)nnc1-c1ccccc1. The molecule has 4 aromatic rings. The Morgan fingerprint density at radius 1 is 1.13 bits per heavy atom. The smallest absolute Gasteiger partial charge is 0.326 e. The molecule has 0 bridgehead atoms. The second-order valence-corrected chi connectivity index (χ2v) is 7.98. The van der Waals surface area contributed by atoms with Crippen LogP contribution in [0.5, 0.6) is 0 Å². The molecule has 0 aliphatic heterocycles. The zero-order valence-corrected chi connectivity index (χ0v) is 17.6. The van der Waals surface area contributed by atoms with Gasteiger partial charge in [0.25, 0.3) is 0 Å². The summed E-state index contributed by atoms with van der Waals surface area (Å²) >= 11 is 1.21. The molecule has 2 heterocycles. The number of aliphatic carboxylic acids is 1. The molecular weight excluding hydrogens is 414 g/mol. The molecule has 1 atom stereocenters. The monoisotopic (exact) mass is 435 g/mol. The lowest BCUT2D eigenvalue weighted by Crippen LogP contribution is -2.43. The highest BCUT2D eigenvalue weighted by molar-refractivity contribution is 7.99. The van der Waals surface area contributed by atoms with Gasteiger partial charge in [0.1, 0.15) is 6.04 Å². The second kappa shape index (κ2) is 9.05. The number of carboxylic acid groups (broad SMARTS) is 1. The highest BCUT2D eigenvalue weighted by atomic mass is 32.2. The van der Waals surface area contributed by atoms with Gasteiger partial charge in [-0.05, 0) is 11.6 Å². The van der Waals surface area contributed by atoms with Crippen molar-refractivity contribution < 1.29 is 14.7 Å². The first-order chi connectivity index (χ1) is 15.0. The summed E-state index contributed by atoms with van der Waals surface area (Å²) in [6, 6.07) is 16.3. The number of carboxylic acids is 1. The number of rotatable bonds is 8. The van der Waals surface area contributed by atoms with Gasteiger partial charge in [-0.1, -0.05) is 60.3 Å². The molecule has 3 N–H and O–H groups in total. The Hall–Kier alpha value is -3.59. The summed E-state index contributed by atoms with van der Waals surface area (Å²) in [5.41, 5.74) is 2.70. The van der Waals surface area contributed by atoms with Gasteiger partial charge in [-0.25, -0.2) is 4.79 Å². The van der Waals surface area contributed by atoms with Crippen LogP contribution in [-0.4, -0.2) is 48.5 Å².